The number of nitro benzene ring substituents is 1. The summed E-state index contributed by atoms with van der Waals surface area (Å²) in [5.41, 5.74) is 1.36. The number of hydrogen-bond acceptors (Lipinski definition) is 7. The van der Waals surface area contributed by atoms with Crippen LogP contribution in [-0.4, -0.2) is 36.6 Å². The number of rotatable bonds is 6. The van der Waals surface area contributed by atoms with Gasteiger partial charge in [-0.2, -0.15) is 0 Å². The lowest BCUT2D eigenvalue weighted by molar-refractivity contribution is -0.385. The first-order valence-corrected chi connectivity index (χ1v) is 11.8. The molecule has 1 aromatic heterocycles. The highest BCUT2D eigenvalue weighted by Crippen LogP contribution is 2.26. The number of nitrogens with zero attached hydrogens (tertiary/aromatic N) is 4. The molecule has 2 aromatic carbocycles. The molecule has 2 heterocycles. The highest BCUT2D eigenvalue weighted by Gasteiger charge is 2.19. The fraction of sp³-hybridized carbons (Fsp3) is 0.273. The summed E-state index contributed by atoms with van der Waals surface area (Å²) in [5.74, 6) is 1.57. The van der Waals surface area contributed by atoms with E-state index in [0.29, 0.717) is 16.9 Å². The van der Waals surface area contributed by atoms with Crippen LogP contribution in [0, 0.1) is 16.0 Å². The minimum Gasteiger partial charge on any atom is -0.355 e. The van der Waals surface area contributed by atoms with Gasteiger partial charge in [0.15, 0.2) is 5.82 Å². The van der Waals surface area contributed by atoms with Crippen LogP contribution in [0.1, 0.15) is 19.8 Å². The Balaban J connectivity index is 1.52. The molecule has 1 aliphatic heterocycles. The molecule has 10 heteroatoms. The van der Waals surface area contributed by atoms with E-state index >= 15 is 0 Å². The first-order valence-electron chi connectivity index (χ1n) is 10.3. The second-order valence-electron chi connectivity index (χ2n) is 7.89. The molecule has 32 heavy (non-hydrogen) atoms. The number of piperidine rings is 1. The fourth-order valence-electron chi connectivity index (χ4n) is 3.61. The number of nitro groups is 1. The second-order valence-corrected chi connectivity index (χ2v) is 9.57. The second kappa shape index (κ2) is 8.91. The summed E-state index contributed by atoms with van der Waals surface area (Å²) in [5, 5.41) is 19.6. The van der Waals surface area contributed by atoms with Crippen LogP contribution < -0.4 is 9.62 Å². The molecule has 1 saturated heterocycles. The SMILES string of the molecule is CC1CCN(c2ccc(-c3cccc(NS(=O)(=O)c4cccc([N+](=O)[O-])c4)c3)nn2)CC1. The highest BCUT2D eigenvalue weighted by atomic mass is 32.2. The standard InChI is InChI=1S/C22H23N5O4S/c1-16-10-12-26(13-11-16)22-9-8-21(23-24-22)17-4-2-5-18(14-17)25-32(30,31)20-7-3-6-19(15-20)27(28)29/h2-9,14-16,25H,10-13H2,1H3. The fourth-order valence-corrected chi connectivity index (χ4v) is 4.69. The van der Waals surface area contributed by atoms with E-state index in [2.05, 4.69) is 26.7 Å². The minimum atomic E-state index is -3.99. The van der Waals surface area contributed by atoms with E-state index in [4.69, 9.17) is 0 Å². The van der Waals surface area contributed by atoms with Gasteiger partial charge in [-0.15, -0.1) is 10.2 Å². The first-order chi connectivity index (χ1) is 15.3. The molecule has 0 unspecified atom stereocenters. The average Bonchev–Trinajstić information content (AvgIpc) is 2.80. The smallest absolute Gasteiger partial charge is 0.270 e. The van der Waals surface area contributed by atoms with Crippen LogP contribution in [0.25, 0.3) is 11.3 Å². The molecule has 0 amide bonds. The third kappa shape index (κ3) is 4.86. The summed E-state index contributed by atoms with van der Waals surface area (Å²) in [6.45, 7) is 4.18. The van der Waals surface area contributed by atoms with Gasteiger partial charge in [-0.25, -0.2) is 8.42 Å². The topological polar surface area (TPSA) is 118 Å². The molecule has 1 N–H and O–H groups in total. The van der Waals surface area contributed by atoms with Gasteiger partial charge in [-0.3, -0.25) is 14.8 Å². The predicted octanol–water partition coefficient (Wildman–Crippen LogP) is 4.09. The Morgan fingerprint density at radius 1 is 1.03 bits per heavy atom. The predicted molar refractivity (Wildman–Crippen MR) is 122 cm³/mol. The van der Waals surface area contributed by atoms with Crippen molar-refractivity contribution in [1.82, 2.24) is 10.2 Å². The van der Waals surface area contributed by atoms with Crippen molar-refractivity contribution in [3.63, 3.8) is 0 Å². The Labute approximate surface area is 186 Å². The van der Waals surface area contributed by atoms with Crippen molar-refractivity contribution in [2.75, 3.05) is 22.7 Å². The van der Waals surface area contributed by atoms with Gasteiger partial charge in [-0.05, 0) is 49.1 Å². The average molecular weight is 454 g/mol. The third-order valence-corrected chi connectivity index (χ3v) is 6.89. The molecule has 3 aromatic rings. The lowest BCUT2D eigenvalue weighted by Crippen LogP contribution is -2.33. The Bertz CT molecular complexity index is 1220. The Morgan fingerprint density at radius 3 is 2.47 bits per heavy atom. The maximum atomic E-state index is 12.7. The Hall–Kier alpha value is -3.53. The van der Waals surface area contributed by atoms with Gasteiger partial charge in [0.05, 0.1) is 15.5 Å². The van der Waals surface area contributed by atoms with Gasteiger partial charge in [0, 0.05) is 36.5 Å². The van der Waals surface area contributed by atoms with Crippen LogP contribution in [0.3, 0.4) is 0 Å². The maximum Gasteiger partial charge on any atom is 0.270 e. The molecule has 0 radical (unpaired) electrons. The number of non-ortho nitro benzene ring substituents is 1. The van der Waals surface area contributed by atoms with Crippen LogP contribution in [0.5, 0.6) is 0 Å². The van der Waals surface area contributed by atoms with Crippen LogP contribution in [0.4, 0.5) is 17.2 Å². The van der Waals surface area contributed by atoms with Crippen molar-refractivity contribution in [3.8, 4) is 11.3 Å². The van der Waals surface area contributed by atoms with Crippen molar-refractivity contribution in [2.24, 2.45) is 5.92 Å². The van der Waals surface area contributed by atoms with Crippen LogP contribution in [0.15, 0.2) is 65.6 Å². The van der Waals surface area contributed by atoms with E-state index in [1.807, 2.05) is 18.2 Å². The van der Waals surface area contributed by atoms with Crippen molar-refractivity contribution in [1.29, 1.82) is 0 Å². The van der Waals surface area contributed by atoms with Gasteiger partial charge in [-0.1, -0.05) is 25.1 Å². The molecule has 0 aliphatic carbocycles. The lowest BCUT2D eigenvalue weighted by atomic mass is 9.99. The van der Waals surface area contributed by atoms with E-state index in [-0.39, 0.29) is 10.6 Å². The van der Waals surface area contributed by atoms with E-state index in [0.717, 1.165) is 43.7 Å². The molecule has 0 bridgehead atoms. The Morgan fingerprint density at radius 2 is 1.78 bits per heavy atom. The quantitative estimate of drug-likeness (QED) is 0.441. The number of hydrogen-bond donors (Lipinski definition) is 1. The maximum absolute atomic E-state index is 12.7. The first kappa shape index (κ1) is 21.7. The Kier molecular flexibility index (Phi) is 6.04. The van der Waals surface area contributed by atoms with Gasteiger partial charge >= 0.3 is 0 Å². The van der Waals surface area contributed by atoms with Crippen molar-refractivity contribution >= 4 is 27.2 Å². The van der Waals surface area contributed by atoms with Crippen molar-refractivity contribution < 1.29 is 13.3 Å². The van der Waals surface area contributed by atoms with Gasteiger partial charge in [0.2, 0.25) is 0 Å². The van der Waals surface area contributed by atoms with Crippen molar-refractivity contribution in [3.05, 3.63) is 70.8 Å². The van der Waals surface area contributed by atoms with Crippen LogP contribution >= 0.6 is 0 Å². The van der Waals surface area contributed by atoms with Gasteiger partial charge < -0.3 is 4.90 Å². The number of aromatic nitrogens is 2. The number of sulfonamides is 1. The minimum absolute atomic E-state index is 0.183. The zero-order chi connectivity index (χ0) is 22.7. The van der Waals surface area contributed by atoms with E-state index in [1.165, 1.54) is 18.2 Å². The van der Waals surface area contributed by atoms with E-state index < -0.39 is 14.9 Å². The summed E-state index contributed by atoms with van der Waals surface area (Å²) in [7, 11) is -3.99. The molecule has 0 saturated carbocycles. The zero-order valence-corrected chi connectivity index (χ0v) is 18.3. The van der Waals surface area contributed by atoms with E-state index in [1.54, 1.807) is 18.2 Å². The molecule has 1 aliphatic rings. The lowest BCUT2D eigenvalue weighted by Gasteiger charge is -2.30. The van der Waals surface area contributed by atoms with Gasteiger partial charge in [0.25, 0.3) is 15.7 Å². The zero-order valence-electron chi connectivity index (χ0n) is 17.5. The summed E-state index contributed by atoms with van der Waals surface area (Å²) in [6.07, 6.45) is 2.27. The monoisotopic (exact) mass is 453 g/mol. The third-order valence-electron chi connectivity index (χ3n) is 5.51. The molecule has 4 rings (SSSR count). The van der Waals surface area contributed by atoms with Crippen molar-refractivity contribution in [2.45, 2.75) is 24.7 Å². The van der Waals surface area contributed by atoms with E-state index in [9.17, 15) is 18.5 Å². The van der Waals surface area contributed by atoms with Gasteiger partial charge in [0.1, 0.15) is 0 Å². The molecular formula is C22H23N5O4S. The summed E-state index contributed by atoms with van der Waals surface area (Å²) in [6, 6.07) is 15.5. The molecule has 9 nitrogen and oxygen atoms in total. The molecular weight excluding hydrogens is 430 g/mol. The van der Waals surface area contributed by atoms with Crippen LogP contribution in [0.2, 0.25) is 0 Å². The number of anilines is 2. The molecule has 0 spiro atoms. The summed E-state index contributed by atoms with van der Waals surface area (Å²) in [4.78, 5) is 12.4. The van der Waals surface area contributed by atoms with Crippen LogP contribution in [-0.2, 0) is 10.0 Å². The molecule has 1 fully saturated rings. The summed E-state index contributed by atoms with van der Waals surface area (Å²) < 4.78 is 27.9. The molecule has 166 valence electrons. The number of benzene rings is 2. The summed E-state index contributed by atoms with van der Waals surface area (Å²) >= 11 is 0. The number of nitrogens with one attached hydrogen (secondary N) is 1. The largest absolute Gasteiger partial charge is 0.355 e. The normalized spacial score (nSPS) is 14.8. The molecule has 0 atom stereocenters. The highest BCUT2D eigenvalue weighted by molar-refractivity contribution is 7.92.